The van der Waals surface area contributed by atoms with E-state index in [4.69, 9.17) is 0 Å². The predicted octanol–water partition coefficient (Wildman–Crippen LogP) is 3.55. The molecule has 0 saturated heterocycles. The van der Waals surface area contributed by atoms with Crippen molar-refractivity contribution in [3.05, 3.63) is 24.8 Å². The second-order valence-corrected chi connectivity index (χ2v) is 2.55. The molecule has 1 atom stereocenters. The zero-order valence-corrected chi connectivity index (χ0v) is 7.14. The summed E-state index contributed by atoms with van der Waals surface area (Å²) in [5, 5.41) is 0. The Labute approximate surface area is 64.6 Å². The summed E-state index contributed by atoms with van der Waals surface area (Å²) in [6.07, 6.45) is 10.1. The molecule has 10 heavy (non-hydrogen) atoms. The summed E-state index contributed by atoms with van der Waals surface area (Å²) in [6, 6.07) is 0. The number of hydrogen-bond donors (Lipinski definition) is 0. The third-order valence-corrected chi connectivity index (χ3v) is 1.80. The Morgan fingerprint density at radius 3 is 2.60 bits per heavy atom. The van der Waals surface area contributed by atoms with E-state index in [-0.39, 0.29) is 0 Å². The van der Waals surface area contributed by atoms with E-state index in [1.807, 2.05) is 0 Å². The summed E-state index contributed by atoms with van der Waals surface area (Å²) >= 11 is 0. The zero-order valence-electron chi connectivity index (χ0n) is 7.14. The molecule has 0 aliphatic carbocycles. The first-order valence-electron chi connectivity index (χ1n) is 4.08. The molecule has 0 N–H and O–H groups in total. The summed E-state index contributed by atoms with van der Waals surface area (Å²) in [5.41, 5.74) is 0. The van der Waals surface area contributed by atoms with Gasteiger partial charge in [0.15, 0.2) is 0 Å². The predicted molar refractivity (Wildman–Crippen MR) is 48.0 cm³/mol. The van der Waals surface area contributed by atoms with Crippen molar-refractivity contribution in [1.82, 2.24) is 0 Å². The van der Waals surface area contributed by atoms with Crippen LogP contribution in [-0.4, -0.2) is 0 Å². The van der Waals surface area contributed by atoms with Crippen LogP contribution in [0.25, 0.3) is 0 Å². The summed E-state index contributed by atoms with van der Waals surface area (Å²) in [4.78, 5) is 0. The second-order valence-electron chi connectivity index (χ2n) is 2.55. The Hall–Kier alpha value is -0.520. The minimum Gasteiger partial charge on any atom is -0.103 e. The minimum absolute atomic E-state index is 0.719. The lowest BCUT2D eigenvalue weighted by Crippen LogP contribution is -1.91. The highest BCUT2D eigenvalue weighted by atomic mass is 14.0. The molecule has 0 aromatic rings. The lowest BCUT2D eigenvalue weighted by molar-refractivity contribution is 0.580. The highest BCUT2D eigenvalue weighted by Gasteiger charge is 1.96. The van der Waals surface area contributed by atoms with Crippen LogP contribution >= 0.6 is 0 Å². The molecule has 0 aromatic carbocycles. The summed E-state index contributed by atoms with van der Waals surface area (Å²) in [5.74, 6) is 0.719. The fourth-order valence-electron chi connectivity index (χ4n) is 0.966. The Kier molecular flexibility index (Phi) is 6.25. The number of hydrogen-bond acceptors (Lipinski definition) is 0. The van der Waals surface area contributed by atoms with Gasteiger partial charge in [-0.25, -0.2) is 0 Å². The molecule has 0 heterocycles. The van der Waals surface area contributed by atoms with Crippen molar-refractivity contribution in [3.8, 4) is 0 Å². The molecule has 1 unspecified atom stereocenters. The van der Waals surface area contributed by atoms with Crippen molar-refractivity contribution in [1.29, 1.82) is 0 Å². The van der Waals surface area contributed by atoms with E-state index in [2.05, 4.69) is 38.7 Å². The van der Waals surface area contributed by atoms with E-state index in [0.29, 0.717) is 0 Å². The molecule has 0 bridgehead atoms. The Morgan fingerprint density at radius 2 is 2.20 bits per heavy atom. The Balaban J connectivity index is 3.34. The van der Waals surface area contributed by atoms with Gasteiger partial charge in [-0.3, -0.25) is 0 Å². The molecule has 0 aliphatic heterocycles. The van der Waals surface area contributed by atoms with E-state index in [1.54, 1.807) is 0 Å². The second kappa shape index (κ2) is 6.60. The van der Waals surface area contributed by atoms with Crippen LogP contribution in [0.4, 0.5) is 0 Å². The van der Waals surface area contributed by atoms with Gasteiger partial charge in [-0.2, -0.15) is 0 Å². The SMILES string of the molecule is C=CC(CC)CC/C=C/C. The lowest BCUT2D eigenvalue weighted by atomic mass is 10.0. The minimum atomic E-state index is 0.719. The summed E-state index contributed by atoms with van der Waals surface area (Å²) in [7, 11) is 0. The van der Waals surface area contributed by atoms with Crippen LogP contribution in [0.5, 0.6) is 0 Å². The number of allylic oxidation sites excluding steroid dienone is 3. The van der Waals surface area contributed by atoms with Crippen LogP contribution in [0.1, 0.15) is 33.1 Å². The molecule has 0 aromatic heterocycles. The van der Waals surface area contributed by atoms with Crippen molar-refractivity contribution in [2.24, 2.45) is 5.92 Å². The molecule has 58 valence electrons. The van der Waals surface area contributed by atoms with Crippen molar-refractivity contribution >= 4 is 0 Å². The van der Waals surface area contributed by atoms with E-state index < -0.39 is 0 Å². The van der Waals surface area contributed by atoms with Crippen LogP contribution < -0.4 is 0 Å². The molecule has 0 nitrogen and oxygen atoms in total. The maximum Gasteiger partial charge on any atom is -0.0236 e. The van der Waals surface area contributed by atoms with Crippen LogP contribution in [0, 0.1) is 5.92 Å². The molecule has 0 aliphatic rings. The average Bonchev–Trinajstić information content (AvgIpc) is 1.99. The van der Waals surface area contributed by atoms with Gasteiger partial charge < -0.3 is 0 Å². The van der Waals surface area contributed by atoms with Crippen LogP contribution in [0.3, 0.4) is 0 Å². The van der Waals surface area contributed by atoms with Crippen molar-refractivity contribution in [2.45, 2.75) is 33.1 Å². The van der Waals surface area contributed by atoms with Gasteiger partial charge in [0, 0.05) is 0 Å². The van der Waals surface area contributed by atoms with E-state index in [0.717, 1.165) is 5.92 Å². The van der Waals surface area contributed by atoms with Crippen LogP contribution in [0.15, 0.2) is 24.8 Å². The Bertz CT molecular complexity index is 101. The van der Waals surface area contributed by atoms with Crippen molar-refractivity contribution in [3.63, 3.8) is 0 Å². The standard InChI is InChI=1S/C10H18/c1-4-7-8-9-10(5-2)6-3/h4-5,7,10H,2,6,8-9H2,1,3H3/b7-4+. The zero-order chi connectivity index (χ0) is 7.82. The summed E-state index contributed by atoms with van der Waals surface area (Å²) in [6.45, 7) is 8.06. The van der Waals surface area contributed by atoms with Crippen LogP contribution in [-0.2, 0) is 0 Å². The van der Waals surface area contributed by atoms with Gasteiger partial charge >= 0.3 is 0 Å². The van der Waals surface area contributed by atoms with Crippen molar-refractivity contribution < 1.29 is 0 Å². The normalized spacial score (nSPS) is 13.8. The van der Waals surface area contributed by atoms with E-state index in [9.17, 15) is 0 Å². The Morgan fingerprint density at radius 1 is 1.50 bits per heavy atom. The largest absolute Gasteiger partial charge is 0.103 e. The van der Waals surface area contributed by atoms with Gasteiger partial charge in [0.1, 0.15) is 0 Å². The first-order chi connectivity index (χ1) is 4.85. The smallest absolute Gasteiger partial charge is 0.0236 e. The van der Waals surface area contributed by atoms with E-state index in [1.165, 1.54) is 19.3 Å². The fourth-order valence-corrected chi connectivity index (χ4v) is 0.966. The molecule has 0 fully saturated rings. The first-order valence-corrected chi connectivity index (χ1v) is 4.08. The topological polar surface area (TPSA) is 0 Å². The highest BCUT2D eigenvalue weighted by Crippen LogP contribution is 2.11. The first kappa shape index (κ1) is 9.48. The molecule has 0 heteroatoms. The highest BCUT2D eigenvalue weighted by molar-refractivity contribution is 4.83. The average molecular weight is 138 g/mol. The molecule has 0 rings (SSSR count). The van der Waals surface area contributed by atoms with Gasteiger partial charge in [0.25, 0.3) is 0 Å². The van der Waals surface area contributed by atoms with Gasteiger partial charge in [-0.05, 0) is 32.1 Å². The molecular formula is C10H18. The fraction of sp³-hybridized carbons (Fsp3) is 0.600. The maximum atomic E-state index is 3.79. The monoisotopic (exact) mass is 138 g/mol. The molecule has 0 amide bonds. The van der Waals surface area contributed by atoms with Crippen LogP contribution in [0.2, 0.25) is 0 Å². The quantitative estimate of drug-likeness (QED) is 0.510. The van der Waals surface area contributed by atoms with E-state index >= 15 is 0 Å². The van der Waals surface area contributed by atoms with Gasteiger partial charge in [0.2, 0.25) is 0 Å². The maximum absolute atomic E-state index is 3.79. The lowest BCUT2D eigenvalue weighted by Gasteiger charge is -2.05. The molecule has 0 radical (unpaired) electrons. The van der Waals surface area contributed by atoms with Gasteiger partial charge in [0.05, 0.1) is 0 Å². The third-order valence-electron chi connectivity index (χ3n) is 1.80. The third kappa shape index (κ3) is 4.37. The number of rotatable bonds is 5. The summed E-state index contributed by atoms with van der Waals surface area (Å²) < 4.78 is 0. The van der Waals surface area contributed by atoms with Gasteiger partial charge in [-0.15, -0.1) is 6.58 Å². The molecule has 0 spiro atoms. The van der Waals surface area contributed by atoms with Gasteiger partial charge in [-0.1, -0.05) is 25.2 Å². The molecule has 0 saturated carbocycles. The molecular weight excluding hydrogens is 120 g/mol. The van der Waals surface area contributed by atoms with Crippen molar-refractivity contribution in [2.75, 3.05) is 0 Å².